The highest BCUT2D eigenvalue weighted by Crippen LogP contribution is 2.57. The van der Waals surface area contributed by atoms with Gasteiger partial charge >= 0.3 is 6.18 Å². The molecule has 2 aromatic carbocycles. The van der Waals surface area contributed by atoms with Crippen LogP contribution in [0.2, 0.25) is 10.0 Å². The van der Waals surface area contributed by atoms with Gasteiger partial charge in [0, 0.05) is 41.1 Å². The zero-order valence-electron chi connectivity index (χ0n) is 23.6. The number of fused-ring (bicyclic) bond motifs is 1. The smallest absolute Gasteiger partial charge is 0.256 e. The number of nitrogens with zero attached hydrogens (tertiary/aromatic N) is 4. The number of rotatable bonds is 4. The second-order valence-corrected chi connectivity index (χ2v) is 12.6. The largest absolute Gasteiger partial charge is 0.398 e. The van der Waals surface area contributed by atoms with Crippen LogP contribution in [0.25, 0.3) is 22.5 Å². The fourth-order valence-electron chi connectivity index (χ4n) is 5.81. The van der Waals surface area contributed by atoms with Gasteiger partial charge in [0.15, 0.2) is 0 Å². The van der Waals surface area contributed by atoms with Gasteiger partial charge in [0.2, 0.25) is 5.66 Å². The molecule has 218 valence electrons. The molecule has 0 N–H and O–H groups in total. The summed E-state index contributed by atoms with van der Waals surface area (Å²) in [6.45, 7) is 4.80. The molecular formula is C34H27Cl2F3N4. The van der Waals surface area contributed by atoms with Crippen molar-refractivity contribution >= 4 is 34.6 Å². The molecule has 2 aliphatic rings. The third-order valence-electron chi connectivity index (χ3n) is 8.32. The first kappa shape index (κ1) is 29.3. The van der Waals surface area contributed by atoms with Crippen LogP contribution < -0.4 is 0 Å². The number of alkyl halides is 3. The van der Waals surface area contributed by atoms with Gasteiger partial charge in [-0.2, -0.15) is 13.2 Å². The first-order valence-corrected chi connectivity index (χ1v) is 14.5. The van der Waals surface area contributed by atoms with E-state index in [1.807, 2.05) is 60.7 Å². The Labute approximate surface area is 258 Å². The van der Waals surface area contributed by atoms with Crippen LogP contribution in [0.15, 0.2) is 107 Å². The molecular weight excluding hydrogens is 592 g/mol. The van der Waals surface area contributed by atoms with Crippen LogP contribution in [0.3, 0.4) is 0 Å². The number of aliphatic imine (C=N–C) groups is 2. The van der Waals surface area contributed by atoms with Gasteiger partial charge in [-0.05, 0) is 47.9 Å². The van der Waals surface area contributed by atoms with E-state index < -0.39 is 22.7 Å². The monoisotopic (exact) mass is 618 g/mol. The van der Waals surface area contributed by atoms with E-state index in [4.69, 9.17) is 33.2 Å². The third-order valence-corrected chi connectivity index (χ3v) is 8.94. The Hall–Kier alpha value is -3.81. The number of aromatic nitrogens is 2. The Morgan fingerprint density at radius 2 is 1.26 bits per heavy atom. The lowest BCUT2D eigenvalue weighted by molar-refractivity contribution is -0.234. The maximum Gasteiger partial charge on any atom is 0.398 e. The highest BCUT2D eigenvalue weighted by Gasteiger charge is 2.62. The van der Waals surface area contributed by atoms with Crippen LogP contribution in [0.1, 0.15) is 38.3 Å². The van der Waals surface area contributed by atoms with Crippen molar-refractivity contribution in [2.24, 2.45) is 20.8 Å². The minimum atomic E-state index is -4.50. The fraction of sp³-hybridized carbons (Fsp3) is 0.235. The summed E-state index contributed by atoms with van der Waals surface area (Å²) in [7, 11) is 0. The topological polar surface area (TPSA) is 50.5 Å². The molecule has 2 aromatic heterocycles. The molecule has 6 rings (SSSR count). The lowest BCUT2D eigenvalue weighted by Crippen LogP contribution is -2.50. The Balaban J connectivity index is 1.54. The Bertz CT molecular complexity index is 1690. The van der Waals surface area contributed by atoms with E-state index in [9.17, 15) is 13.2 Å². The van der Waals surface area contributed by atoms with E-state index >= 15 is 0 Å². The van der Waals surface area contributed by atoms with Gasteiger partial charge in [-0.15, -0.1) is 0 Å². The number of hydrogen-bond donors (Lipinski definition) is 0. The molecule has 0 saturated heterocycles. The average molecular weight is 620 g/mol. The van der Waals surface area contributed by atoms with Crippen LogP contribution in [-0.4, -0.2) is 27.6 Å². The molecule has 1 unspecified atom stereocenters. The van der Waals surface area contributed by atoms with Crippen LogP contribution in [0.5, 0.6) is 0 Å². The lowest BCUT2D eigenvalue weighted by Gasteiger charge is -2.45. The van der Waals surface area contributed by atoms with Crippen molar-refractivity contribution < 1.29 is 13.2 Å². The van der Waals surface area contributed by atoms with E-state index in [2.05, 4.69) is 9.97 Å². The van der Waals surface area contributed by atoms with Gasteiger partial charge in [-0.1, -0.05) is 86.4 Å². The molecule has 0 fully saturated rings. The maximum absolute atomic E-state index is 14.7. The number of hydrogen-bond acceptors (Lipinski definition) is 4. The van der Waals surface area contributed by atoms with Crippen LogP contribution >= 0.6 is 23.2 Å². The summed E-state index contributed by atoms with van der Waals surface area (Å²) in [6, 6.07) is 21.9. The van der Waals surface area contributed by atoms with E-state index in [0.29, 0.717) is 49.4 Å². The zero-order valence-corrected chi connectivity index (χ0v) is 25.1. The summed E-state index contributed by atoms with van der Waals surface area (Å²) in [6.07, 6.45) is 1.23. The van der Waals surface area contributed by atoms with E-state index in [1.165, 1.54) is 12.2 Å². The van der Waals surface area contributed by atoms with Crippen molar-refractivity contribution in [2.75, 3.05) is 0 Å². The first-order valence-electron chi connectivity index (χ1n) is 13.7. The zero-order chi connectivity index (χ0) is 30.6. The summed E-state index contributed by atoms with van der Waals surface area (Å²) >= 11 is 13.6. The van der Waals surface area contributed by atoms with Gasteiger partial charge < -0.3 is 0 Å². The van der Waals surface area contributed by atoms with Gasteiger partial charge in [0.1, 0.15) is 0 Å². The summed E-state index contributed by atoms with van der Waals surface area (Å²) in [4.78, 5) is 18.8. The molecule has 0 spiro atoms. The van der Waals surface area contributed by atoms with Crippen molar-refractivity contribution in [1.29, 1.82) is 0 Å². The van der Waals surface area contributed by atoms with E-state index in [1.54, 1.807) is 45.3 Å². The number of pyridine rings is 2. The molecule has 0 bridgehead atoms. The van der Waals surface area contributed by atoms with Crippen molar-refractivity contribution in [3.63, 3.8) is 0 Å². The molecule has 1 aliphatic carbocycles. The van der Waals surface area contributed by atoms with Crippen molar-refractivity contribution in [3.05, 3.63) is 119 Å². The third kappa shape index (κ3) is 4.88. The Kier molecular flexibility index (Phi) is 7.09. The van der Waals surface area contributed by atoms with Crippen LogP contribution in [0.4, 0.5) is 13.2 Å². The second-order valence-electron chi connectivity index (χ2n) is 11.8. The quantitative estimate of drug-likeness (QED) is 0.228. The molecule has 4 nitrogen and oxygen atoms in total. The maximum atomic E-state index is 14.7. The minimum Gasteiger partial charge on any atom is -0.256 e. The van der Waals surface area contributed by atoms with Crippen LogP contribution in [0, 0.1) is 10.8 Å². The molecule has 0 amide bonds. The molecule has 4 aromatic rings. The van der Waals surface area contributed by atoms with Gasteiger partial charge in [0.25, 0.3) is 0 Å². The number of allylic oxidation sites excluding steroid dienone is 2. The van der Waals surface area contributed by atoms with E-state index in [0.717, 1.165) is 0 Å². The summed E-state index contributed by atoms with van der Waals surface area (Å²) in [5, 5.41) is 0.828. The summed E-state index contributed by atoms with van der Waals surface area (Å²) in [5.74, 6) is 0. The van der Waals surface area contributed by atoms with Crippen molar-refractivity contribution in [2.45, 2.75) is 39.0 Å². The predicted octanol–water partition coefficient (Wildman–Crippen LogP) is 9.77. The van der Waals surface area contributed by atoms with E-state index in [-0.39, 0.29) is 12.1 Å². The standard InChI is InChI=1S/C34H27Cl2F3N4/c1-31(2,3)32(34(37,38)39)15-14-29-30(20-32)43-33(42-29,21-10-12-23(25(35)18-21)27-8-4-6-16-40-27)22-11-13-24(26(36)19-22)28-9-5-7-17-41-28/h4-19H,20H2,1-3H3. The number of benzene rings is 2. The SMILES string of the molecule is CC(C)(C)C1(C(F)(F)F)C=CC2=NC(c3ccc(-c4ccccn4)c(Cl)c3)(c3ccc(-c4ccccn4)c(Cl)c3)N=C2C1. The van der Waals surface area contributed by atoms with Gasteiger partial charge in [-0.25, -0.2) is 9.98 Å². The fourth-order valence-corrected chi connectivity index (χ4v) is 6.36. The second kappa shape index (κ2) is 10.4. The van der Waals surface area contributed by atoms with Crippen molar-refractivity contribution in [1.82, 2.24) is 9.97 Å². The summed E-state index contributed by atoms with van der Waals surface area (Å²) < 4.78 is 44.1. The number of halogens is 5. The molecule has 3 heterocycles. The summed E-state index contributed by atoms with van der Waals surface area (Å²) in [5.41, 5.74) is 0.0276. The average Bonchev–Trinajstić information content (AvgIpc) is 3.37. The normalized spacial score (nSPS) is 19.5. The highest BCUT2D eigenvalue weighted by molar-refractivity contribution is 6.48. The molecule has 1 atom stereocenters. The van der Waals surface area contributed by atoms with Gasteiger partial charge in [-0.3, -0.25) is 9.97 Å². The first-order chi connectivity index (χ1) is 20.3. The molecule has 43 heavy (non-hydrogen) atoms. The predicted molar refractivity (Wildman–Crippen MR) is 167 cm³/mol. The van der Waals surface area contributed by atoms with Crippen molar-refractivity contribution in [3.8, 4) is 22.5 Å². The minimum absolute atomic E-state index is 0.282. The Morgan fingerprint density at radius 1 is 0.721 bits per heavy atom. The van der Waals surface area contributed by atoms with Crippen LogP contribution in [-0.2, 0) is 5.66 Å². The molecule has 1 aliphatic heterocycles. The highest BCUT2D eigenvalue weighted by atomic mass is 35.5. The lowest BCUT2D eigenvalue weighted by atomic mass is 9.61. The molecule has 0 radical (unpaired) electrons. The molecule has 0 saturated carbocycles. The molecule has 9 heteroatoms. The Morgan fingerprint density at radius 3 is 1.67 bits per heavy atom. The van der Waals surface area contributed by atoms with Gasteiger partial charge in [0.05, 0.1) is 38.3 Å².